The average molecular weight is 691 g/mol. The highest BCUT2D eigenvalue weighted by Gasteiger charge is 2.45. The van der Waals surface area contributed by atoms with Crippen molar-refractivity contribution in [2.24, 2.45) is 0 Å². The Morgan fingerprint density at radius 2 is 0.841 bits per heavy atom. The van der Waals surface area contributed by atoms with Crippen LogP contribution in [0.4, 0.5) is 11.9 Å². The van der Waals surface area contributed by atoms with Crippen molar-refractivity contribution in [2.45, 2.75) is 141 Å². The van der Waals surface area contributed by atoms with Gasteiger partial charge in [0, 0.05) is 40.8 Å². The zero-order valence-corrected chi connectivity index (χ0v) is 30.3. The van der Waals surface area contributed by atoms with E-state index < -0.39 is 0 Å². The summed E-state index contributed by atoms with van der Waals surface area (Å²) in [4.78, 5) is 29.2. The highest BCUT2D eigenvalue weighted by atomic mass is 35.5. The second-order valence-corrected chi connectivity index (χ2v) is 16.4. The molecular formula is C30H48Cl4N10. The molecule has 2 aromatic heterocycles. The van der Waals surface area contributed by atoms with Gasteiger partial charge in [-0.05, 0) is 147 Å². The smallest absolute Gasteiger partial charge is 0.237 e. The van der Waals surface area contributed by atoms with Crippen molar-refractivity contribution < 1.29 is 0 Å². The van der Waals surface area contributed by atoms with Crippen molar-refractivity contribution in [1.29, 1.82) is 0 Å². The fourth-order valence-electron chi connectivity index (χ4n) is 7.75. The van der Waals surface area contributed by atoms with Gasteiger partial charge in [-0.25, -0.2) is 0 Å². The topological polar surface area (TPSA) is 108 Å². The maximum absolute atomic E-state index is 6.08. The second-order valence-electron chi connectivity index (χ2n) is 15.1. The lowest BCUT2D eigenvalue weighted by Crippen LogP contribution is -2.67. The molecule has 2 saturated heterocycles. The molecule has 2 fully saturated rings. The summed E-state index contributed by atoms with van der Waals surface area (Å²) >= 11 is 24.3. The van der Waals surface area contributed by atoms with Crippen molar-refractivity contribution in [2.75, 3.05) is 18.0 Å². The summed E-state index contributed by atoms with van der Waals surface area (Å²) in [6.45, 7) is 20.4. The largest absolute Gasteiger partial charge is 0.307 e. The van der Waals surface area contributed by atoms with Crippen LogP contribution in [-0.2, 0) is 0 Å². The Balaban J connectivity index is 1.44. The van der Waals surface area contributed by atoms with Crippen molar-refractivity contribution in [3.8, 4) is 0 Å². The van der Waals surface area contributed by atoms with Gasteiger partial charge < -0.3 is 10.6 Å². The molecule has 0 unspecified atom stereocenters. The van der Waals surface area contributed by atoms with E-state index in [1.165, 1.54) is 0 Å². The lowest BCUT2D eigenvalue weighted by Gasteiger charge is -2.55. The molecule has 2 N–H and O–H groups in total. The predicted octanol–water partition coefficient (Wildman–Crippen LogP) is 7.29. The highest BCUT2D eigenvalue weighted by molar-refractivity contribution is 6.31. The molecule has 246 valence electrons. The van der Waals surface area contributed by atoms with Gasteiger partial charge in [-0.1, -0.05) is 12.8 Å². The molecule has 10 nitrogen and oxygen atoms in total. The van der Waals surface area contributed by atoms with Crippen LogP contribution in [0.5, 0.6) is 0 Å². The van der Waals surface area contributed by atoms with Crippen molar-refractivity contribution >= 4 is 58.3 Å². The zero-order valence-electron chi connectivity index (χ0n) is 27.3. The summed E-state index contributed by atoms with van der Waals surface area (Å²) in [5, 5.41) is 7.67. The molecule has 2 aromatic rings. The molecule has 0 aliphatic carbocycles. The number of hydrogen-bond acceptors (Lipinski definition) is 10. The zero-order chi connectivity index (χ0) is 32.5. The van der Waals surface area contributed by atoms with E-state index in [0.29, 0.717) is 18.6 Å². The molecule has 0 radical (unpaired) electrons. The molecule has 4 rings (SSSR count). The van der Waals surface area contributed by atoms with E-state index in [1.54, 1.807) is 4.90 Å². The van der Waals surface area contributed by atoms with E-state index >= 15 is 0 Å². The number of piperidine rings is 2. The summed E-state index contributed by atoms with van der Waals surface area (Å²) in [6.07, 6.45) is 8.60. The quantitative estimate of drug-likeness (QED) is 0.234. The number of nitrogens with one attached hydrogen (secondary N) is 2. The van der Waals surface area contributed by atoms with E-state index in [0.717, 1.165) is 57.9 Å². The van der Waals surface area contributed by atoms with Gasteiger partial charge in [0.25, 0.3) is 0 Å². The third-order valence-electron chi connectivity index (χ3n) is 8.44. The average Bonchev–Trinajstić information content (AvgIpc) is 2.80. The summed E-state index contributed by atoms with van der Waals surface area (Å²) in [5.74, 6) is 0.457. The number of unbranched alkanes of at least 4 members (excludes halogenated alkanes) is 3. The Bertz CT molecular complexity index is 1130. The number of halogens is 4. The van der Waals surface area contributed by atoms with Crippen LogP contribution in [-0.4, -0.2) is 82.1 Å². The Morgan fingerprint density at radius 3 is 1.18 bits per heavy atom. The first-order valence-corrected chi connectivity index (χ1v) is 17.1. The second kappa shape index (κ2) is 13.9. The molecule has 44 heavy (non-hydrogen) atoms. The van der Waals surface area contributed by atoms with E-state index in [1.807, 2.05) is 0 Å². The minimum Gasteiger partial charge on any atom is -0.307 e. The maximum atomic E-state index is 6.08. The third-order valence-corrected chi connectivity index (χ3v) is 9.12. The van der Waals surface area contributed by atoms with Gasteiger partial charge >= 0.3 is 0 Å². The lowest BCUT2D eigenvalue weighted by molar-refractivity contribution is -0.00297. The molecule has 4 heterocycles. The van der Waals surface area contributed by atoms with Crippen LogP contribution in [0.15, 0.2) is 0 Å². The van der Waals surface area contributed by atoms with Gasteiger partial charge in [-0.15, -0.1) is 0 Å². The van der Waals surface area contributed by atoms with E-state index in [-0.39, 0.29) is 55.2 Å². The van der Waals surface area contributed by atoms with Gasteiger partial charge in [-0.2, -0.15) is 29.9 Å². The monoisotopic (exact) mass is 688 g/mol. The van der Waals surface area contributed by atoms with Gasteiger partial charge in [0.1, 0.15) is 0 Å². The number of hydrogen-bond donors (Lipinski definition) is 2. The van der Waals surface area contributed by atoms with Crippen LogP contribution >= 0.6 is 46.4 Å². The molecule has 2 aliphatic rings. The van der Waals surface area contributed by atoms with Gasteiger partial charge in [-0.3, -0.25) is 9.80 Å². The molecule has 0 aromatic carbocycles. The van der Waals surface area contributed by atoms with Gasteiger partial charge in [0.2, 0.25) is 33.0 Å². The van der Waals surface area contributed by atoms with Gasteiger partial charge in [0.15, 0.2) is 0 Å². The summed E-state index contributed by atoms with van der Waals surface area (Å²) < 4.78 is 0. The molecule has 0 bridgehead atoms. The van der Waals surface area contributed by atoms with E-state index in [9.17, 15) is 0 Å². The molecular weight excluding hydrogens is 642 g/mol. The predicted molar refractivity (Wildman–Crippen MR) is 181 cm³/mol. The lowest BCUT2D eigenvalue weighted by atomic mass is 9.75. The molecule has 14 heteroatoms. The first-order valence-electron chi connectivity index (χ1n) is 15.6. The van der Waals surface area contributed by atoms with Crippen LogP contribution in [0.3, 0.4) is 0 Å². The minimum atomic E-state index is -0.0233. The standard InChI is InChI=1S/C30H48Cl4N10/c1-27(2)15-19(16-28(3,4)41-27)43(20-17-29(5,6)42-30(7,8)18-20)13-11-9-10-12-14-44(25-37-21(31)35-22(32)38-25)26-39-23(33)36-24(34)40-26/h19-20,41-42H,9-18H2,1-8H3. The normalized spacial score (nSPS) is 21.5. The van der Waals surface area contributed by atoms with Gasteiger partial charge in [0.05, 0.1) is 0 Å². The SMILES string of the molecule is CC1(C)CC(N(CCCCCCN(c2nc(Cl)nc(Cl)n2)c2nc(Cl)nc(Cl)n2)C2CC(C)(C)NC(C)(C)C2)CC(C)(C)N1. The molecule has 0 spiro atoms. The minimum absolute atomic E-state index is 0.0233. The van der Waals surface area contributed by atoms with Crippen LogP contribution in [0.1, 0.15) is 107 Å². The first kappa shape index (κ1) is 35.7. The molecule has 2 aliphatic heterocycles. The van der Waals surface area contributed by atoms with Crippen LogP contribution in [0.25, 0.3) is 0 Å². The van der Waals surface area contributed by atoms with Crippen LogP contribution in [0.2, 0.25) is 21.1 Å². The van der Waals surface area contributed by atoms with Crippen molar-refractivity contribution in [1.82, 2.24) is 45.4 Å². The Kier molecular flexibility index (Phi) is 11.3. The van der Waals surface area contributed by atoms with Crippen molar-refractivity contribution in [3.63, 3.8) is 0 Å². The Labute approximate surface area is 282 Å². The summed E-state index contributed by atoms with van der Waals surface area (Å²) in [7, 11) is 0. The number of anilines is 2. The first-order chi connectivity index (χ1) is 20.3. The summed E-state index contributed by atoms with van der Waals surface area (Å²) in [5.41, 5.74) is 0.364. The van der Waals surface area contributed by atoms with Crippen LogP contribution in [0, 0.1) is 0 Å². The summed E-state index contributed by atoms with van der Waals surface area (Å²) in [6, 6.07) is 1.06. The Hall–Kier alpha value is -1.14. The van der Waals surface area contributed by atoms with Crippen molar-refractivity contribution in [3.05, 3.63) is 21.1 Å². The van der Waals surface area contributed by atoms with Crippen LogP contribution < -0.4 is 15.5 Å². The van der Waals surface area contributed by atoms with E-state index in [2.05, 4.69) is 101 Å². The number of nitrogens with zero attached hydrogens (tertiary/aromatic N) is 8. The van der Waals surface area contributed by atoms with E-state index in [4.69, 9.17) is 46.4 Å². The Morgan fingerprint density at radius 1 is 0.523 bits per heavy atom. The highest BCUT2D eigenvalue weighted by Crippen LogP contribution is 2.38. The molecule has 0 saturated carbocycles. The molecule has 0 amide bonds. The number of rotatable bonds is 11. The third kappa shape index (κ3) is 10.2. The fraction of sp³-hybridized carbons (Fsp3) is 0.800. The maximum Gasteiger partial charge on any atom is 0.237 e. The number of aromatic nitrogens is 6. The molecule has 0 atom stereocenters. The fourth-order valence-corrected chi connectivity index (χ4v) is 8.46.